The molecule has 2 N–H and O–H groups in total. The van der Waals surface area contributed by atoms with Gasteiger partial charge in [0.25, 0.3) is 0 Å². The number of rotatable bonds is 7. The third kappa shape index (κ3) is 6.15. The summed E-state index contributed by atoms with van der Waals surface area (Å²) in [5, 5.41) is 12.6. The van der Waals surface area contributed by atoms with Crippen molar-refractivity contribution in [3.05, 3.63) is 29.8 Å². The van der Waals surface area contributed by atoms with Gasteiger partial charge in [-0.1, -0.05) is 12.1 Å². The first-order valence-corrected chi connectivity index (χ1v) is 7.81. The van der Waals surface area contributed by atoms with Gasteiger partial charge in [0.05, 0.1) is 6.61 Å². The number of halogens is 3. The minimum atomic E-state index is -4.67. The lowest BCUT2D eigenvalue weighted by molar-refractivity contribution is -0.274. The molecule has 3 nitrogen and oxygen atoms in total. The van der Waals surface area contributed by atoms with E-state index in [4.69, 9.17) is 0 Å². The number of thioether (sulfide) groups is 1. The van der Waals surface area contributed by atoms with E-state index in [-0.39, 0.29) is 29.7 Å². The lowest BCUT2D eigenvalue weighted by Gasteiger charge is -2.25. The van der Waals surface area contributed by atoms with Crippen molar-refractivity contribution in [2.45, 2.75) is 37.5 Å². The Morgan fingerprint density at radius 3 is 2.24 bits per heavy atom. The molecule has 1 aromatic carbocycles. The summed E-state index contributed by atoms with van der Waals surface area (Å²) in [7, 11) is 0. The van der Waals surface area contributed by atoms with Gasteiger partial charge in [-0.25, -0.2) is 0 Å². The lowest BCUT2D eigenvalue weighted by Crippen LogP contribution is -2.38. The van der Waals surface area contributed by atoms with Crippen molar-refractivity contribution in [3.63, 3.8) is 0 Å². The second kappa shape index (κ2) is 7.91. The van der Waals surface area contributed by atoms with Gasteiger partial charge < -0.3 is 15.2 Å². The molecule has 7 heteroatoms. The van der Waals surface area contributed by atoms with Gasteiger partial charge in [0.15, 0.2) is 0 Å². The molecule has 0 amide bonds. The standard InChI is InChI=1S/C14H20F3NO2S/c1-9(18-10(2)13(8-19)21-3)11-4-6-12(7-5-11)20-14(15,16)17/h4-7,9-10,13,18-19H,8H2,1-3H3. The monoisotopic (exact) mass is 323 g/mol. The summed E-state index contributed by atoms with van der Waals surface area (Å²) in [4.78, 5) is 0. The molecule has 0 radical (unpaired) electrons. The Morgan fingerprint density at radius 1 is 1.24 bits per heavy atom. The summed E-state index contributed by atoms with van der Waals surface area (Å²) in [6.07, 6.45) is -2.75. The number of ether oxygens (including phenoxy) is 1. The van der Waals surface area contributed by atoms with Gasteiger partial charge in [0.2, 0.25) is 0 Å². The van der Waals surface area contributed by atoms with E-state index >= 15 is 0 Å². The highest BCUT2D eigenvalue weighted by molar-refractivity contribution is 7.99. The molecule has 1 rings (SSSR count). The molecule has 120 valence electrons. The van der Waals surface area contributed by atoms with Crippen LogP contribution in [0.2, 0.25) is 0 Å². The van der Waals surface area contributed by atoms with Gasteiger partial charge in [0.1, 0.15) is 5.75 Å². The van der Waals surface area contributed by atoms with Crippen LogP contribution >= 0.6 is 11.8 Å². The molecule has 0 aromatic heterocycles. The Kier molecular flexibility index (Phi) is 6.83. The maximum Gasteiger partial charge on any atom is 0.573 e. The average molecular weight is 323 g/mol. The van der Waals surface area contributed by atoms with Crippen molar-refractivity contribution in [2.24, 2.45) is 0 Å². The summed E-state index contributed by atoms with van der Waals surface area (Å²) in [6, 6.07) is 5.82. The van der Waals surface area contributed by atoms with E-state index in [9.17, 15) is 18.3 Å². The number of hydrogen-bond acceptors (Lipinski definition) is 4. The van der Waals surface area contributed by atoms with Gasteiger partial charge in [-0.05, 0) is 37.8 Å². The smallest absolute Gasteiger partial charge is 0.406 e. The quantitative estimate of drug-likeness (QED) is 0.807. The Bertz CT molecular complexity index is 421. The fraction of sp³-hybridized carbons (Fsp3) is 0.571. The molecule has 0 bridgehead atoms. The lowest BCUT2D eigenvalue weighted by atomic mass is 10.1. The minimum Gasteiger partial charge on any atom is -0.406 e. The highest BCUT2D eigenvalue weighted by Gasteiger charge is 2.31. The van der Waals surface area contributed by atoms with Gasteiger partial charge in [-0.15, -0.1) is 13.2 Å². The molecule has 1 aromatic rings. The molecule has 21 heavy (non-hydrogen) atoms. The van der Waals surface area contributed by atoms with Crippen LogP contribution in [-0.2, 0) is 0 Å². The van der Waals surface area contributed by atoms with E-state index in [2.05, 4.69) is 10.1 Å². The summed E-state index contributed by atoms with van der Waals surface area (Å²) in [5.74, 6) is -0.233. The van der Waals surface area contributed by atoms with Crippen LogP contribution in [0, 0.1) is 0 Å². The summed E-state index contributed by atoms with van der Waals surface area (Å²) < 4.78 is 40.1. The number of aliphatic hydroxyl groups excluding tert-OH is 1. The van der Waals surface area contributed by atoms with E-state index in [1.54, 1.807) is 23.9 Å². The molecular formula is C14H20F3NO2S. The highest BCUT2D eigenvalue weighted by Crippen LogP contribution is 2.25. The van der Waals surface area contributed by atoms with Gasteiger partial charge >= 0.3 is 6.36 Å². The van der Waals surface area contributed by atoms with E-state index in [1.165, 1.54) is 12.1 Å². The first-order chi connectivity index (χ1) is 9.76. The molecule has 0 saturated carbocycles. The number of hydrogen-bond donors (Lipinski definition) is 2. The topological polar surface area (TPSA) is 41.5 Å². The van der Waals surface area contributed by atoms with Crippen LogP contribution in [-0.4, -0.2) is 35.6 Å². The predicted octanol–water partition coefficient (Wildman–Crippen LogP) is 3.35. The average Bonchev–Trinajstić information content (AvgIpc) is 2.39. The van der Waals surface area contributed by atoms with Crippen molar-refractivity contribution in [2.75, 3.05) is 12.9 Å². The predicted molar refractivity (Wildman–Crippen MR) is 78.5 cm³/mol. The van der Waals surface area contributed by atoms with Crippen molar-refractivity contribution < 1.29 is 23.0 Å². The van der Waals surface area contributed by atoms with Crippen LogP contribution in [0.4, 0.5) is 13.2 Å². The van der Waals surface area contributed by atoms with Crippen molar-refractivity contribution in [3.8, 4) is 5.75 Å². The van der Waals surface area contributed by atoms with E-state index in [0.717, 1.165) is 5.56 Å². The molecule has 0 spiro atoms. The summed E-state index contributed by atoms with van der Waals surface area (Å²) in [5.41, 5.74) is 0.856. The van der Waals surface area contributed by atoms with Crippen LogP contribution in [0.15, 0.2) is 24.3 Å². The zero-order valence-electron chi connectivity index (χ0n) is 12.1. The number of aliphatic hydroxyl groups is 1. The molecule has 0 aliphatic heterocycles. The minimum absolute atomic E-state index is 0.0406. The van der Waals surface area contributed by atoms with E-state index in [0.29, 0.717) is 0 Å². The molecule has 0 heterocycles. The largest absolute Gasteiger partial charge is 0.573 e. The van der Waals surface area contributed by atoms with Crippen LogP contribution < -0.4 is 10.1 Å². The zero-order valence-corrected chi connectivity index (χ0v) is 13.0. The fourth-order valence-corrected chi connectivity index (χ4v) is 2.63. The maximum absolute atomic E-state index is 12.1. The molecule has 0 fully saturated rings. The molecule has 0 aliphatic rings. The molecule has 0 aliphatic carbocycles. The number of alkyl halides is 3. The van der Waals surface area contributed by atoms with E-state index in [1.807, 2.05) is 20.1 Å². The van der Waals surface area contributed by atoms with Gasteiger partial charge in [0, 0.05) is 17.3 Å². The summed E-state index contributed by atoms with van der Waals surface area (Å²) >= 11 is 1.57. The van der Waals surface area contributed by atoms with E-state index < -0.39 is 6.36 Å². The fourth-order valence-electron chi connectivity index (χ4n) is 1.99. The van der Waals surface area contributed by atoms with Gasteiger partial charge in [-0.3, -0.25) is 0 Å². The highest BCUT2D eigenvalue weighted by atomic mass is 32.2. The van der Waals surface area contributed by atoms with Crippen molar-refractivity contribution in [1.82, 2.24) is 5.32 Å². The van der Waals surface area contributed by atoms with Crippen LogP contribution in [0.25, 0.3) is 0 Å². The molecule has 3 atom stereocenters. The van der Waals surface area contributed by atoms with Gasteiger partial charge in [-0.2, -0.15) is 11.8 Å². The SMILES string of the molecule is CSC(CO)C(C)NC(C)c1ccc(OC(F)(F)F)cc1. The molecular weight excluding hydrogens is 303 g/mol. The Hall–Kier alpha value is -0.920. The Morgan fingerprint density at radius 2 is 1.81 bits per heavy atom. The first kappa shape index (κ1) is 18.1. The van der Waals surface area contributed by atoms with Crippen LogP contribution in [0.5, 0.6) is 5.75 Å². The Labute approximate surface area is 126 Å². The number of benzene rings is 1. The van der Waals surface area contributed by atoms with Crippen LogP contribution in [0.3, 0.4) is 0 Å². The molecule has 3 unspecified atom stereocenters. The van der Waals surface area contributed by atoms with Crippen molar-refractivity contribution >= 4 is 11.8 Å². The molecule has 0 saturated heterocycles. The number of nitrogens with one attached hydrogen (secondary N) is 1. The normalized spacial score (nSPS) is 16.3. The second-order valence-corrected chi connectivity index (χ2v) is 5.83. The Balaban J connectivity index is 2.64. The first-order valence-electron chi connectivity index (χ1n) is 6.52. The van der Waals surface area contributed by atoms with Crippen LogP contribution in [0.1, 0.15) is 25.5 Å². The second-order valence-electron chi connectivity index (χ2n) is 4.75. The van der Waals surface area contributed by atoms with Crippen molar-refractivity contribution in [1.29, 1.82) is 0 Å². The third-order valence-electron chi connectivity index (χ3n) is 3.17. The zero-order chi connectivity index (χ0) is 16.0. The third-order valence-corrected chi connectivity index (χ3v) is 4.33. The maximum atomic E-state index is 12.1. The summed E-state index contributed by atoms with van der Waals surface area (Å²) in [6.45, 7) is 3.96.